The largest absolute Gasteiger partial charge is 0.487 e. The topological polar surface area (TPSA) is 71.1 Å². The summed E-state index contributed by atoms with van der Waals surface area (Å²) in [4.78, 5) is 18.6. The van der Waals surface area contributed by atoms with Crippen LogP contribution in [0.2, 0.25) is 0 Å². The molecule has 0 saturated carbocycles. The van der Waals surface area contributed by atoms with E-state index >= 15 is 0 Å². The molecule has 0 radical (unpaired) electrons. The van der Waals surface area contributed by atoms with Crippen LogP contribution in [0.3, 0.4) is 0 Å². The summed E-state index contributed by atoms with van der Waals surface area (Å²) >= 11 is 1.62. The number of aromatic nitrogens is 3. The summed E-state index contributed by atoms with van der Waals surface area (Å²) in [5.74, 6) is 0.759. The average Bonchev–Trinajstić information content (AvgIpc) is 3.51. The highest BCUT2D eigenvalue weighted by Gasteiger charge is 2.07. The van der Waals surface area contributed by atoms with Gasteiger partial charge in [0.1, 0.15) is 12.4 Å². The van der Waals surface area contributed by atoms with Gasteiger partial charge in [0.2, 0.25) is 5.91 Å². The van der Waals surface area contributed by atoms with E-state index in [4.69, 9.17) is 4.74 Å². The van der Waals surface area contributed by atoms with Crippen LogP contribution < -0.4 is 4.74 Å². The maximum absolute atomic E-state index is 12.5. The van der Waals surface area contributed by atoms with Crippen molar-refractivity contribution in [1.82, 2.24) is 20.1 Å². The van der Waals surface area contributed by atoms with Gasteiger partial charge >= 0.3 is 0 Å². The molecule has 174 valence electrons. The van der Waals surface area contributed by atoms with Gasteiger partial charge in [-0.15, -0.1) is 11.3 Å². The van der Waals surface area contributed by atoms with Gasteiger partial charge < -0.3 is 9.64 Å². The van der Waals surface area contributed by atoms with Crippen LogP contribution in [0.25, 0.3) is 17.3 Å². The van der Waals surface area contributed by atoms with Crippen LogP contribution in [0.15, 0.2) is 72.1 Å². The monoisotopic (exact) mass is 472 g/mol. The van der Waals surface area contributed by atoms with Gasteiger partial charge in [0, 0.05) is 36.3 Å². The average molecular weight is 473 g/mol. The molecule has 1 amide bonds. The number of nitrogens with one attached hydrogen (secondary N) is 1. The lowest BCUT2D eigenvalue weighted by Crippen LogP contribution is -2.26. The molecular formula is C27H28N4O2S. The molecule has 0 aliphatic rings. The van der Waals surface area contributed by atoms with E-state index < -0.39 is 0 Å². The molecule has 0 bridgehead atoms. The summed E-state index contributed by atoms with van der Waals surface area (Å²) in [5, 5.41) is 10.5. The van der Waals surface area contributed by atoms with Crippen molar-refractivity contribution >= 4 is 23.3 Å². The first-order chi connectivity index (χ1) is 16.6. The number of ether oxygens (including phenoxy) is 1. The van der Waals surface area contributed by atoms with Crippen LogP contribution in [0, 0.1) is 6.92 Å². The molecule has 4 rings (SSSR count). The van der Waals surface area contributed by atoms with Gasteiger partial charge in [-0.3, -0.25) is 9.89 Å². The summed E-state index contributed by atoms with van der Waals surface area (Å²) in [6, 6.07) is 19.8. The number of rotatable bonds is 10. The van der Waals surface area contributed by atoms with E-state index in [1.165, 1.54) is 0 Å². The number of nitrogens with zero attached hydrogens (tertiary/aromatic N) is 3. The van der Waals surface area contributed by atoms with Gasteiger partial charge in [0.05, 0.1) is 16.4 Å². The molecule has 2 aromatic carbocycles. The second-order valence-corrected chi connectivity index (χ2v) is 9.12. The van der Waals surface area contributed by atoms with Crippen molar-refractivity contribution < 1.29 is 9.53 Å². The molecule has 34 heavy (non-hydrogen) atoms. The molecule has 0 saturated heterocycles. The fraction of sp³-hybridized carbons (Fsp3) is 0.222. The molecule has 0 spiro atoms. The molecular weight excluding hydrogens is 444 g/mol. The van der Waals surface area contributed by atoms with E-state index in [0.29, 0.717) is 13.2 Å². The highest BCUT2D eigenvalue weighted by Crippen LogP contribution is 2.18. The van der Waals surface area contributed by atoms with Crippen molar-refractivity contribution in [1.29, 1.82) is 0 Å². The molecule has 4 aromatic rings. The number of aryl methyl sites for hydroxylation is 2. The van der Waals surface area contributed by atoms with Crippen LogP contribution >= 0.6 is 11.3 Å². The Balaban J connectivity index is 1.20. The van der Waals surface area contributed by atoms with Crippen molar-refractivity contribution in [3.63, 3.8) is 0 Å². The fourth-order valence-corrected chi connectivity index (χ4v) is 4.06. The van der Waals surface area contributed by atoms with Crippen molar-refractivity contribution in [2.75, 3.05) is 13.6 Å². The molecule has 7 heteroatoms. The van der Waals surface area contributed by atoms with Gasteiger partial charge in [-0.2, -0.15) is 5.10 Å². The molecule has 0 fully saturated rings. The number of benzene rings is 2. The minimum atomic E-state index is -0.0196. The van der Waals surface area contributed by atoms with E-state index in [9.17, 15) is 4.79 Å². The van der Waals surface area contributed by atoms with Gasteiger partial charge in [-0.25, -0.2) is 4.98 Å². The quantitative estimate of drug-likeness (QED) is 0.308. The predicted octanol–water partition coefficient (Wildman–Crippen LogP) is 5.53. The van der Waals surface area contributed by atoms with Gasteiger partial charge in [0.15, 0.2) is 0 Å². The molecule has 1 N–H and O–H groups in total. The zero-order chi connectivity index (χ0) is 23.8. The smallest absolute Gasteiger partial charge is 0.246 e. The van der Waals surface area contributed by atoms with E-state index in [-0.39, 0.29) is 5.91 Å². The zero-order valence-electron chi connectivity index (χ0n) is 19.4. The third kappa shape index (κ3) is 6.65. The summed E-state index contributed by atoms with van der Waals surface area (Å²) in [7, 11) is 1.83. The lowest BCUT2D eigenvalue weighted by Gasteiger charge is -2.14. The van der Waals surface area contributed by atoms with Crippen molar-refractivity contribution in [3.8, 4) is 17.0 Å². The maximum Gasteiger partial charge on any atom is 0.246 e. The number of hydrogen-bond donors (Lipinski definition) is 1. The van der Waals surface area contributed by atoms with E-state index in [0.717, 1.165) is 51.8 Å². The van der Waals surface area contributed by atoms with Crippen LogP contribution in [0.5, 0.6) is 5.75 Å². The number of hydrogen-bond acceptors (Lipinski definition) is 5. The Labute approximate surface area is 203 Å². The number of carbonyl (C=O) groups is 1. The zero-order valence-corrected chi connectivity index (χ0v) is 20.2. The van der Waals surface area contributed by atoms with Crippen LogP contribution in [0.1, 0.15) is 28.4 Å². The Bertz CT molecular complexity index is 1230. The first-order valence-electron chi connectivity index (χ1n) is 11.2. The number of likely N-dealkylation sites (N-methyl/N-ethyl adjacent to an activating group) is 1. The minimum Gasteiger partial charge on any atom is -0.487 e. The molecule has 6 nitrogen and oxygen atoms in total. The number of amides is 1. The van der Waals surface area contributed by atoms with Crippen LogP contribution in [-0.4, -0.2) is 39.6 Å². The summed E-state index contributed by atoms with van der Waals surface area (Å²) in [6.07, 6.45) is 5.13. The molecule has 2 aromatic heterocycles. The number of thiazole rings is 1. The Morgan fingerprint density at radius 3 is 2.68 bits per heavy atom. The fourth-order valence-electron chi connectivity index (χ4n) is 3.47. The Morgan fingerprint density at radius 1 is 1.15 bits per heavy atom. The second-order valence-electron chi connectivity index (χ2n) is 8.06. The number of carbonyl (C=O) groups excluding carboxylic acids is 1. The predicted molar refractivity (Wildman–Crippen MR) is 137 cm³/mol. The highest BCUT2D eigenvalue weighted by atomic mass is 32.1. The number of aromatic amines is 1. The number of H-pyrrole nitrogens is 1. The molecule has 0 aliphatic carbocycles. The lowest BCUT2D eigenvalue weighted by atomic mass is 10.1. The third-order valence-corrected chi connectivity index (χ3v) is 6.19. The maximum atomic E-state index is 12.5. The lowest BCUT2D eigenvalue weighted by molar-refractivity contribution is -0.124. The third-order valence-electron chi connectivity index (χ3n) is 5.37. The highest BCUT2D eigenvalue weighted by molar-refractivity contribution is 7.09. The van der Waals surface area contributed by atoms with Gasteiger partial charge in [0.25, 0.3) is 0 Å². The summed E-state index contributed by atoms with van der Waals surface area (Å²) in [6.45, 7) is 3.11. The first-order valence-corrected chi connectivity index (χ1v) is 12.1. The van der Waals surface area contributed by atoms with Crippen LogP contribution in [-0.2, 0) is 17.8 Å². The van der Waals surface area contributed by atoms with Crippen LogP contribution in [0.4, 0.5) is 0 Å². The normalized spacial score (nSPS) is 11.1. The first kappa shape index (κ1) is 23.4. The van der Waals surface area contributed by atoms with E-state index in [1.807, 2.05) is 80.0 Å². The van der Waals surface area contributed by atoms with E-state index in [1.54, 1.807) is 22.3 Å². The summed E-state index contributed by atoms with van der Waals surface area (Å²) in [5.41, 5.74) is 4.99. The van der Waals surface area contributed by atoms with Gasteiger partial charge in [-0.05, 0) is 49.6 Å². The van der Waals surface area contributed by atoms with Crippen molar-refractivity contribution in [2.45, 2.75) is 26.4 Å². The molecule has 0 unspecified atom stereocenters. The Morgan fingerprint density at radius 2 is 1.94 bits per heavy atom. The Kier molecular flexibility index (Phi) is 7.88. The van der Waals surface area contributed by atoms with Gasteiger partial charge in [-0.1, -0.05) is 42.5 Å². The molecule has 0 aliphatic heterocycles. The summed E-state index contributed by atoms with van der Waals surface area (Å²) < 4.78 is 5.77. The minimum absolute atomic E-state index is 0.0196. The SMILES string of the molecule is Cc1nc(COc2ccc(C=CC(=O)N(C)CCCc3cc(-c4ccccc4)n[nH]3)cc2)cs1. The second kappa shape index (κ2) is 11.4. The van der Waals surface area contributed by atoms with E-state index in [2.05, 4.69) is 21.2 Å². The molecule has 2 heterocycles. The molecule has 0 atom stereocenters. The Hall–Kier alpha value is -3.71. The van der Waals surface area contributed by atoms with Crippen molar-refractivity contribution in [3.05, 3.63) is 94.1 Å². The van der Waals surface area contributed by atoms with Crippen molar-refractivity contribution in [2.24, 2.45) is 0 Å². The standard InChI is InChI=1S/C27H28N4O2S/c1-20-28-24(19-34-20)18-33-25-13-10-21(11-14-25)12-15-27(32)31(2)16-6-9-23-17-26(30-29-23)22-7-4-3-5-8-22/h3-5,7-8,10-15,17,19H,6,9,16,18H2,1-2H3,(H,29,30).